The first kappa shape index (κ1) is 12.5. The average Bonchev–Trinajstić information content (AvgIpc) is 2.86. The maximum atomic E-state index is 8.58. The third-order valence-electron chi connectivity index (χ3n) is 2.28. The van der Waals surface area contributed by atoms with E-state index in [1.54, 1.807) is 13.4 Å². The largest absolute Gasteiger partial charge is 0.394 e. The molecule has 0 spiro atoms. The normalized spacial score (nSPS) is 10.8. The van der Waals surface area contributed by atoms with Crippen molar-refractivity contribution in [3.05, 3.63) is 6.33 Å². The van der Waals surface area contributed by atoms with Gasteiger partial charge in [0.2, 0.25) is 5.95 Å². The topological polar surface area (TPSA) is 108 Å². The van der Waals surface area contributed by atoms with Gasteiger partial charge in [0.15, 0.2) is 11.5 Å². The van der Waals surface area contributed by atoms with Crippen molar-refractivity contribution in [1.82, 2.24) is 19.9 Å². The molecule has 0 atom stereocenters. The number of aromatic nitrogens is 4. The fourth-order valence-electron chi connectivity index (χ4n) is 1.48. The lowest BCUT2D eigenvalue weighted by Crippen LogP contribution is -2.13. The minimum atomic E-state index is 0.0300. The molecule has 8 heteroatoms. The Kier molecular flexibility index (Phi) is 4.26. The van der Waals surface area contributed by atoms with Crippen molar-refractivity contribution >= 4 is 22.9 Å². The molecule has 0 amide bonds. The summed E-state index contributed by atoms with van der Waals surface area (Å²) in [5.74, 6) is 1.18. The number of rotatable bonds is 7. The molecule has 98 valence electrons. The molecule has 0 bridgehead atoms. The minimum Gasteiger partial charge on any atom is -0.394 e. The zero-order valence-electron chi connectivity index (χ0n) is 10.1. The molecule has 2 aromatic heterocycles. The van der Waals surface area contributed by atoms with Crippen molar-refractivity contribution in [1.29, 1.82) is 0 Å². The molecule has 0 saturated carbocycles. The summed E-state index contributed by atoms with van der Waals surface area (Å²) in [5, 5.41) is 14.6. The van der Waals surface area contributed by atoms with Gasteiger partial charge in [0.25, 0.3) is 0 Å². The molecule has 2 rings (SSSR count). The van der Waals surface area contributed by atoms with E-state index in [1.807, 2.05) is 0 Å². The van der Waals surface area contributed by atoms with Crippen LogP contribution in [0.15, 0.2) is 6.33 Å². The van der Waals surface area contributed by atoms with Crippen molar-refractivity contribution in [2.24, 2.45) is 0 Å². The summed E-state index contributed by atoms with van der Waals surface area (Å²) in [6.45, 7) is 1.46. The third kappa shape index (κ3) is 2.84. The fraction of sp³-hybridized carbons (Fsp3) is 0.500. The van der Waals surface area contributed by atoms with Crippen molar-refractivity contribution in [3.8, 4) is 0 Å². The summed E-state index contributed by atoms with van der Waals surface area (Å²) in [6, 6.07) is 0. The third-order valence-corrected chi connectivity index (χ3v) is 2.28. The quantitative estimate of drug-likeness (QED) is 0.506. The average molecular weight is 252 g/mol. The van der Waals surface area contributed by atoms with E-state index in [2.05, 4.69) is 30.6 Å². The van der Waals surface area contributed by atoms with Gasteiger partial charge in [-0.25, -0.2) is 4.98 Å². The molecule has 0 radical (unpaired) electrons. The Morgan fingerprint density at radius 3 is 3.06 bits per heavy atom. The van der Waals surface area contributed by atoms with E-state index in [9.17, 15) is 0 Å². The summed E-state index contributed by atoms with van der Waals surface area (Å²) < 4.78 is 5.16. The lowest BCUT2D eigenvalue weighted by Gasteiger charge is -2.08. The molecular weight excluding hydrogens is 236 g/mol. The van der Waals surface area contributed by atoms with E-state index < -0.39 is 0 Å². The number of anilines is 2. The highest BCUT2D eigenvalue weighted by Gasteiger charge is 2.08. The van der Waals surface area contributed by atoms with E-state index in [-0.39, 0.29) is 6.61 Å². The van der Waals surface area contributed by atoms with Crippen LogP contribution in [0.25, 0.3) is 11.2 Å². The summed E-state index contributed by atoms with van der Waals surface area (Å²) in [6.07, 6.45) is 1.58. The van der Waals surface area contributed by atoms with Gasteiger partial charge in [-0.2, -0.15) is 9.97 Å². The zero-order chi connectivity index (χ0) is 12.8. The summed E-state index contributed by atoms with van der Waals surface area (Å²) in [4.78, 5) is 15.6. The van der Waals surface area contributed by atoms with Gasteiger partial charge in [0, 0.05) is 13.6 Å². The Morgan fingerprint density at radius 1 is 1.39 bits per heavy atom. The summed E-state index contributed by atoms with van der Waals surface area (Å²) in [5.41, 5.74) is 1.37. The molecule has 0 aliphatic heterocycles. The highest BCUT2D eigenvalue weighted by Crippen LogP contribution is 2.17. The van der Waals surface area contributed by atoms with E-state index in [0.717, 1.165) is 5.52 Å². The van der Waals surface area contributed by atoms with Crippen LogP contribution in [0.5, 0.6) is 0 Å². The number of nitrogens with one attached hydrogen (secondary N) is 3. The van der Waals surface area contributed by atoms with Crippen LogP contribution in [0.1, 0.15) is 0 Å². The molecule has 0 aliphatic carbocycles. The smallest absolute Gasteiger partial charge is 0.226 e. The van der Waals surface area contributed by atoms with E-state index >= 15 is 0 Å². The number of hydrogen-bond acceptors (Lipinski definition) is 7. The molecule has 0 aliphatic rings. The molecule has 2 aromatic rings. The molecule has 2 heterocycles. The number of ether oxygens (including phenoxy) is 1. The van der Waals surface area contributed by atoms with Gasteiger partial charge in [-0.15, -0.1) is 0 Å². The standard InChI is InChI=1S/C10H16N6O2/c1-11-10-15-8(12-2-4-18-5-3-17)7-9(16-10)14-6-13-7/h6,17H,2-5H2,1H3,(H3,11,12,13,14,15,16). The molecular formula is C10H16N6O2. The number of hydrogen-bond donors (Lipinski definition) is 4. The maximum absolute atomic E-state index is 8.58. The molecule has 18 heavy (non-hydrogen) atoms. The number of fused-ring (bicyclic) bond motifs is 1. The van der Waals surface area contributed by atoms with Gasteiger partial charge in [-0.05, 0) is 0 Å². The van der Waals surface area contributed by atoms with Gasteiger partial charge < -0.3 is 25.5 Å². The second-order valence-corrected chi connectivity index (χ2v) is 3.51. The monoisotopic (exact) mass is 252 g/mol. The lowest BCUT2D eigenvalue weighted by molar-refractivity contribution is 0.0992. The first-order valence-electron chi connectivity index (χ1n) is 5.66. The van der Waals surface area contributed by atoms with Crippen molar-refractivity contribution < 1.29 is 9.84 Å². The Labute approximate surface area is 104 Å². The summed E-state index contributed by atoms with van der Waals surface area (Å²) in [7, 11) is 1.75. The van der Waals surface area contributed by atoms with Crippen LogP contribution in [0.4, 0.5) is 11.8 Å². The maximum Gasteiger partial charge on any atom is 0.226 e. The molecule has 8 nitrogen and oxygen atoms in total. The Hall–Kier alpha value is -1.93. The Balaban J connectivity index is 2.04. The molecule has 4 N–H and O–H groups in total. The first-order valence-corrected chi connectivity index (χ1v) is 5.66. The highest BCUT2D eigenvalue weighted by molar-refractivity contribution is 5.83. The molecule has 0 unspecified atom stereocenters. The second kappa shape index (κ2) is 6.12. The Morgan fingerprint density at radius 2 is 2.28 bits per heavy atom. The van der Waals surface area contributed by atoms with Gasteiger partial charge in [-0.3, -0.25) is 0 Å². The Bertz CT molecular complexity index is 500. The zero-order valence-corrected chi connectivity index (χ0v) is 10.1. The molecule has 0 aromatic carbocycles. The number of aliphatic hydroxyl groups is 1. The molecule has 0 saturated heterocycles. The fourth-order valence-corrected chi connectivity index (χ4v) is 1.48. The van der Waals surface area contributed by atoms with Crippen molar-refractivity contribution in [2.75, 3.05) is 44.0 Å². The predicted octanol–water partition coefficient (Wildman–Crippen LogP) is -0.185. The first-order chi connectivity index (χ1) is 8.85. The van der Waals surface area contributed by atoms with Crippen LogP contribution in [-0.4, -0.2) is 58.5 Å². The number of H-pyrrole nitrogens is 1. The van der Waals surface area contributed by atoms with E-state index in [4.69, 9.17) is 9.84 Å². The van der Waals surface area contributed by atoms with Crippen LogP contribution in [0.3, 0.4) is 0 Å². The summed E-state index contributed by atoms with van der Waals surface area (Å²) >= 11 is 0. The van der Waals surface area contributed by atoms with Crippen molar-refractivity contribution in [2.45, 2.75) is 0 Å². The number of aromatic amines is 1. The van der Waals surface area contributed by atoms with Crippen molar-refractivity contribution in [3.63, 3.8) is 0 Å². The van der Waals surface area contributed by atoms with Crippen LogP contribution in [-0.2, 0) is 4.74 Å². The van der Waals surface area contributed by atoms with E-state index in [1.165, 1.54) is 0 Å². The SMILES string of the molecule is CNc1nc(NCCOCCO)c2[nH]cnc2n1. The van der Waals surface area contributed by atoms with Crippen LogP contribution in [0, 0.1) is 0 Å². The van der Waals surface area contributed by atoms with Gasteiger partial charge in [0.1, 0.15) is 5.52 Å². The number of nitrogens with zero attached hydrogens (tertiary/aromatic N) is 3. The lowest BCUT2D eigenvalue weighted by atomic mass is 10.4. The molecule has 0 fully saturated rings. The van der Waals surface area contributed by atoms with E-state index in [0.29, 0.717) is 37.2 Å². The van der Waals surface area contributed by atoms with Crippen LogP contribution in [0.2, 0.25) is 0 Å². The highest BCUT2D eigenvalue weighted by atomic mass is 16.5. The predicted molar refractivity (Wildman–Crippen MR) is 67.6 cm³/mol. The van der Waals surface area contributed by atoms with Crippen LogP contribution >= 0.6 is 0 Å². The number of imidazole rings is 1. The minimum absolute atomic E-state index is 0.0300. The van der Waals surface area contributed by atoms with Crippen LogP contribution < -0.4 is 10.6 Å². The van der Waals surface area contributed by atoms with Gasteiger partial charge in [0.05, 0.1) is 26.1 Å². The number of aliphatic hydroxyl groups excluding tert-OH is 1. The second-order valence-electron chi connectivity index (χ2n) is 3.51. The van der Waals surface area contributed by atoms with Gasteiger partial charge in [-0.1, -0.05) is 0 Å². The van der Waals surface area contributed by atoms with Gasteiger partial charge >= 0.3 is 0 Å².